The lowest BCUT2D eigenvalue weighted by atomic mass is 10.2. The van der Waals surface area contributed by atoms with Gasteiger partial charge in [-0.1, -0.05) is 13.0 Å². The molecule has 1 N–H and O–H groups in total. The highest BCUT2D eigenvalue weighted by Crippen LogP contribution is 2.25. The Bertz CT molecular complexity index is 806. The third kappa shape index (κ3) is 4.70. The van der Waals surface area contributed by atoms with Crippen LogP contribution in [0.2, 0.25) is 0 Å². The molecule has 6 nitrogen and oxygen atoms in total. The molecule has 1 unspecified atom stereocenters. The largest absolute Gasteiger partial charge is 0.462 e. The number of benzene rings is 1. The molecule has 0 aliphatic carbocycles. The number of hydrogen-bond donors (Lipinski definition) is 1. The molecule has 142 valence electrons. The second-order valence-corrected chi connectivity index (χ2v) is 7.92. The smallest absolute Gasteiger partial charge is 0.338 e. The second-order valence-electron chi connectivity index (χ2n) is 5.97. The summed E-state index contributed by atoms with van der Waals surface area (Å²) in [7, 11) is 0. The van der Waals surface area contributed by atoms with Gasteiger partial charge in [-0.2, -0.15) is 0 Å². The van der Waals surface area contributed by atoms with Crippen molar-refractivity contribution in [3.05, 3.63) is 52.2 Å². The van der Waals surface area contributed by atoms with Crippen molar-refractivity contribution in [1.29, 1.82) is 0 Å². The summed E-state index contributed by atoms with van der Waals surface area (Å²) in [4.78, 5) is 39.3. The fourth-order valence-electron chi connectivity index (χ4n) is 2.60. The summed E-state index contributed by atoms with van der Waals surface area (Å²) in [6.07, 6.45) is 0.764. The van der Waals surface area contributed by atoms with E-state index in [1.165, 1.54) is 11.3 Å². The first-order chi connectivity index (χ1) is 13.1. The second kappa shape index (κ2) is 9.05. The number of carbonyl (C=O) groups is 3. The van der Waals surface area contributed by atoms with Crippen molar-refractivity contribution < 1.29 is 19.1 Å². The number of thioether (sulfide) groups is 1. The van der Waals surface area contributed by atoms with Crippen LogP contribution in [0.25, 0.3) is 0 Å². The summed E-state index contributed by atoms with van der Waals surface area (Å²) in [5.41, 5.74) is 1.01. The standard InChI is InChI=1S/C19H20N2O4S2/c1-2-9-25-19(24)13-5-7-14(8-6-13)20-17(22)15-11-26-12-21(15)18(23)16-4-3-10-27-16/h3-8,10,15H,2,9,11-12H2,1H3,(H,20,22). The van der Waals surface area contributed by atoms with Crippen molar-refractivity contribution in [2.45, 2.75) is 19.4 Å². The van der Waals surface area contributed by atoms with Gasteiger partial charge in [-0.3, -0.25) is 9.59 Å². The number of carbonyl (C=O) groups excluding carboxylic acids is 3. The van der Waals surface area contributed by atoms with Gasteiger partial charge in [0.05, 0.1) is 22.9 Å². The number of amides is 2. The van der Waals surface area contributed by atoms with Crippen LogP contribution in [0.3, 0.4) is 0 Å². The quantitative estimate of drug-likeness (QED) is 0.746. The Morgan fingerprint density at radius 3 is 2.67 bits per heavy atom. The fraction of sp³-hybridized carbons (Fsp3) is 0.316. The fourth-order valence-corrected chi connectivity index (χ4v) is 4.43. The van der Waals surface area contributed by atoms with E-state index in [4.69, 9.17) is 4.74 Å². The van der Waals surface area contributed by atoms with E-state index in [0.717, 1.165) is 6.42 Å². The van der Waals surface area contributed by atoms with Gasteiger partial charge in [0.1, 0.15) is 6.04 Å². The van der Waals surface area contributed by atoms with Crippen LogP contribution in [0.5, 0.6) is 0 Å². The number of nitrogens with one attached hydrogen (secondary N) is 1. The molecule has 0 saturated carbocycles. The van der Waals surface area contributed by atoms with Crippen LogP contribution in [0, 0.1) is 0 Å². The highest BCUT2D eigenvalue weighted by atomic mass is 32.2. The molecule has 1 aromatic heterocycles. The van der Waals surface area contributed by atoms with Crippen molar-refractivity contribution in [2.24, 2.45) is 0 Å². The van der Waals surface area contributed by atoms with Gasteiger partial charge in [-0.15, -0.1) is 23.1 Å². The summed E-state index contributed by atoms with van der Waals surface area (Å²) >= 11 is 2.93. The molecule has 0 bridgehead atoms. The SMILES string of the molecule is CCCOC(=O)c1ccc(NC(=O)C2CSCN2C(=O)c2cccs2)cc1. The number of thiophene rings is 1. The summed E-state index contributed by atoms with van der Waals surface area (Å²) in [5, 5.41) is 4.67. The van der Waals surface area contributed by atoms with Gasteiger partial charge in [0.15, 0.2) is 0 Å². The monoisotopic (exact) mass is 404 g/mol. The molecule has 1 aliphatic rings. The predicted molar refractivity (Wildman–Crippen MR) is 107 cm³/mol. The average molecular weight is 405 g/mol. The highest BCUT2D eigenvalue weighted by Gasteiger charge is 2.35. The zero-order valence-electron chi connectivity index (χ0n) is 14.8. The molecule has 0 radical (unpaired) electrons. The number of esters is 1. The Balaban J connectivity index is 1.62. The van der Waals surface area contributed by atoms with Crippen LogP contribution >= 0.6 is 23.1 Å². The molecule has 1 saturated heterocycles. The lowest BCUT2D eigenvalue weighted by molar-refractivity contribution is -0.119. The van der Waals surface area contributed by atoms with Crippen LogP contribution in [0.1, 0.15) is 33.4 Å². The van der Waals surface area contributed by atoms with Crippen molar-refractivity contribution in [1.82, 2.24) is 4.90 Å². The van der Waals surface area contributed by atoms with Gasteiger partial charge < -0.3 is 15.0 Å². The maximum Gasteiger partial charge on any atom is 0.338 e. The average Bonchev–Trinajstić information content (AvgIpc) is 3.38. The molecule has 2 heterocycles. The van der Waals surface area contributed by atoms with E-state index in [0.29, 0.717) is 34.4 Å². The van der Waals surface area contributed by atoms with Crippen LogP contribution < -0.4 is 5.32 Å². The predicted octanol–water partition coefficient (Wildman–Crippen LogP) is 3.47. The van der Waals surface area contributed by atoms with Gasteiger partial charge >= 0.3 is 5.97 Å². The summed E-state index contributed by atoms with van der Waals surface area (Å²) in [6, 6.07) is 9.63. The molecule has 1 aliphatic heterocycles. The van der Waals surface area contributed by atoms with Crippen LogP contribution in [0.15, 0.2) is 41.8 Å². The van der Waals surface area contributed by atoms with Gasteiger partial charge in [0, 0.05) is 11.4 Å². The molecule has 1 atom stereocenters. The van der Waals surface area contributed by atoms with E-state index in [2.05, 4.69) is 5.32 Å². The first-order valence-corrected chi connectivity index (χ1v) is 10.6. The zero-order valence-corrected chi connectivity index (χ0v) is 16.5. The molecule has 2 amide bonds. The van der Waals surface area contributed by atoms with Crippen molar-refractivity contribution in [3.8, 4) is 0 Å². The number of nitrogens with zero attached hydrogens (tertiary/aromatic N) is 1. The molecule has 3 rings (SSSR count). The van der Waals surface area contributed by atoms with Crippen LogP contribution in [0.4, 0.5) is 5.69 Å². The zero-order chi connectivity index (χ0) is 19.2. The Hall–Kier alpha value is -2.32. The van der Waals surface area contributed by atoms with Crippen molar-refractivity contribution >= 4 is 46.6 Å². The van der Waals surface area contributed by atoms with E-state index in [-0.39, 0.29) is 17.8 Å². The topological polar surface area (TPSA) is 75.7 Å². The third-order valence-corrected chi connectivity index (χ3v) is 5.87. The Morgan fingerprint density at radius 2 is 2.00 bits per heavy atom. The molecular formula is C19H20N2O4S2. The van der Waals surface area contributed by atoms with Gasteiger partial charge in [-0.05, 0) is 42.1 Å². The minimum Gasteiger partial charge on any atom is -0.462 e. The molecule has 27 heavy (non-hydrogen) atoms. The molecule has 1 fully saturated rings. The summed E-state index contributed by atoms with van der Waals surface area (Å²) in [5.74, 6) is 0.325. The summed E-state index contributed by atoms with van der Waals surface area (Å²) in [6.45, 7) is 2.31. The highest BCUT2D eigenvalue weighted by molar-refractivity contribution is 7.99. The Morgan fingerprint density at radius 1 is 1.22 bits per heavy atom. The molecule has 0 spiro atoms. The normalized spacial score (nSPS) is 16.2. The maximum absolute atomic E-state index is 12.7. The molecule has 1 aromatic carbocycles. The van der Waals surface area contributed by atoms with E-state index in [1.54, 1.807) is 47.0 Å². The Labute approximate surface area is 165 Å². The van der Waals surface area contributed by atoms with Gasteiger partial charge in [0.2, 0.25) is 5.91 Å². The maximum atomic E-state index is 12.7. The minimum atomic E-state index is -0.515. The van der Waals surface area contributed by atoms with Gasteiger partial charge in [-0.25, -0.2) is 4.79 Å². The van der Waals surface area contributed by atoms with E-state index < -0.39 is 6.04 Å². The number of anilines is 1. The first kappa shape index (κ1) is 19.4. The minimum absolute atomic E-state index is 0.121. The molecule has 2 aromatic rings. The molecule has 8 heteroatoms. The van der Waals surface area contributed by atoms with E-state index in [9.17, 15) is 14.4 Å². The number of rotatable bonds is 6. The lowest BCUT2D eigenvalue weighted by Gasteiger charge is -2.22. The van der Waals surface area contributed by atoms with E-state index in [1.807, 2.05) is 18.4 Å². The first-order valence-electron chi connectivity index (χ1n) is 8.60. The van der Waals surface area contributed by atoms with Gasteiger partial charge in [0.25, 0.3) is 5.91 Å². The van der Waals surface area contributed by atoms with Crippen molar-refractivity contribution in [2.75, 3.05) is 23.6 Å². The lowest BCUT2D eigenvalue weighted by Crippen LogP contribution is -2.44. The number of hydrogen-bond acceptors (Lipinski definition) is 6. The van der Waals surface area contributed by atoms with Crippen LogP contribution in [-0.2, 0) is 9.53 Å². The summed E-state index contributed by atoms with van der Waals surface area (Å²) < 4.78 is 5.08. The van der Waals surface area contributed by atoms with E-state index >= 15 is 0 Å². The third-order valence-electron chi connectivity index (χ3n) is 4.00. The Kier molecular flexibility index (Phi) is 6.52. The van der Waals surface area contributed by atoms with Crippen LogP contribution in [-0.4, -0.2) is 47.0 Å². The molecular weight excluding hydrogens is 384 g/mol. The van der Waals surface area contributed by atoms with Crippen molar-refractivity contribution in [3.63, 3.8) is 0 Å². The number of ether oxygens (including phenoxy) is 1.